The van der Waals surface area contributed by atoms with Gasteiger partial charge < -0.3 is 10.3 Å². The Labute approximate surface area is 122 Å². The van der Waals surface area contributed by atoms with Crippen LogP contribution in [0.15, 0.2) is 18.2 Å². The second kappa shape index (κ2) is 5.09. The van der Waals surface area contributed by atoms with Gasteiger partial charge in [-0.05, 0) is 31.4 Å². The Morgan fingerprint density at radius 1 is 1.45 bits per heavy atom. The maximum absolute atomic E-state index is 13.6. The van der Waals surface area contributed by atoms with Crippen LogP contribution in [0.3, 0.4) is 0 Å². The maximum Gasteiger partial charge on any atom is 0.142 e. The zero-order valence-electron chi connectivity index (χ0n) is 11.4. The summed E-state index contributed by atoms with van der Waals surface area (Å²) in [6.45, 7) is 2.11. The molecule has 5 heteroatoms. The van der Waals surface area contributed by atoms with Crippen molar-refractivity contribution in [3.63, 3.8) is 0 Å². The Morgan fingerprint density at radius 2 is 2.20 bits per heavy atom. The topological polar surface area (TPSA) is 43.8 Å². The van der Waals surface area contributed by atoms with Crippen molar-refractivity contribution in [2.75, 3.05) is 5.73 Å². The third kappa shape index (κ3) is 2.29. The van der Waals surface area contributed by atoms with Gasteiger partial charge >= 0.3 is 0 Å². The average molecular weight is 294 g/mol. The fourth-order valence-electron chi connectivity index (χ4n) is 2.49. The van der Waals surface area contributed by atoms with Crippen LogP contribution in [0.1, 0.15) is 38.1 Å². The van der Waals surface area contributed by atoms with Gasteiger partial charge in [-0.2, -0.15) is 0 Å². The van der Waals surface area contributed by atoms with Gasteiger partial charge in [0.15, 0.2) is 0 Å². The van der Waals surface area contributed by atoms with E-state index in [4.69, 9.17) is 17.3 Å². The van der Waals surface area contributed by atoms with Crippen molar-refractivity contribution in [2.45, 2.75) is 38.6 Å². The van der Waals surface area contributed by atoms with Crippen molar-refractivity contribution >= 4 is 17.4 Å². The minimum absolute atomic E-state index is 0.114. The summed E-state index contributed by atoms with van der Waals surface area (Å²) in [5, 5.41) is 0.114. The molecule has 0 unspecified atom stereocenters. The number of nitrogens with zero attached hydrogens (tertiary/aromatic N) is 2. The summed E-state index contributed by atoms with van der Waals surface area (Å²) in [5.74, 6) is 1.19. The van der Waals surface area contributed by atoms with Crippen LogP contribution in [0, 0.1) is 5.82 Å². The van der Waals surface area contributed by atoms with Crippen LogP contribution < -0.4 is 5.73 Å². The number of anilines is 1. The van der Waals surface area contributed by atoms with Gasteiger partial charge in [-0.3, -0.25) is 0 Å². The number of nitrogen functional groups attached to an aromatic ring is 1. The molecule has 0 atom stereocenters. The molecule has 3 nitrogen and oxygen atoms in total. The maximum atomic E-state index is 13.6. The first kappa shape index (κ1) is 13.4. The van der Waals surface area contributed by atoms with E-state index in [9.17, 15) is 4.39 Å². The lowest BCUT2D eigenvalue weighted by molar-refractivity contribution is 0.628. The van der Waals surface area contributed by atoms with E-state index in [1.165, 1.54) is 6.07 Å². The van der Waals surface area contributed by atoms with E-state index < -0.39 is 5.82 Å². The Kier molecular flexibility index (Phi) is 3.42. The van der Waals surface area contributed by atoms with Crippen LogP contribution in [0.2, 0.25) is 5.02 Å². The van der Waals surface area contributed by atoms with Gasteiger partial charge in [0.25, 0.3) is 0 Å². The predicted octanol–water partition coefficient (Wildman–Crippen LogP) is 4.21. The molecule has 1 aromatic carbocycles. The van der Waals surface area contributed by atoms with E-state index in [2.05, 4.69) is 16.5 Å². The number of aromatic nitrogens is 2. The number of halogens is 2. The van der Waals surface area contributed by atoms with Crippen molar-refractivity contribution < 1.29 is 4.39 Å². The Hall–Kier alpha value is -1.55. The summed E-state index contributed by atoms with van der Waals surface area (Å²) < 4.78 is 15.7. The number of aryl methyl sites for hydroxylation is 1. The number of rotatable bonds is 4. The second-order valence-corrected chi connectivity index (χ2v) is 5.65. The fourth-order valence-corrected chi connectivity index (χ4v) is 2.61. The molecule has 3 rings (SSSR count). The zero-order valence-corrected chi connectivity index (χ0v) is 12.1. The van der Waals surface area contributed by atoms with Gasteiger partial charge in [0.05, 0.1) is 5.02 Å². The molecular formula is C15H17ClFN3. The van der Waals surface area contributed by atoms with Crippen molar-refractivity contribution in [2.24, 2.45) is 0 Å². The molecule has 2 aromatic rings. The molecule has 0 spiro atoms. The summed E-state index contributed by atoms with van der Waals surface area (Å²) >= 11 is 5.72. The van der Waals surface area contributed by atoms with Gasteiger partial charge in [0.1, 0.15) is 23.2 Å². The second-order valence-electron chi connectivity index (χ2n) is 5.24. The first-order valence-electron chi connectivity index (χ1n) is 6.93. The molecular weight excluding hydrogens is 277 g/mol. The molecule has 0 radical (unpaired) electrons. The van der Waals surface area contributed by atoms with Gasteiger partial charge in [-0.15, -0.1) is 0 Å². The normalized spacial score (nSPS) is 14.8. The highest BCUT2D eigenvalue weighted by Gasteiger charge is 2.29. The standard InChI is InChI=1S/C15H17ClFN3/c1-2-3-13-19-14(15(18)20(13)10-5-6-10)9-4-7-11(16)12(17)8-9/h4,7-8,10H,2-3,5-6,18H2,1H3. The number of benzene rings is 1. The number of imidazole rings is 1. The summed E-state index contributed by atoms with van der Waals surface area (Å²) in [5.41, 5.74) is 7.59. The first-order valence-corrected chi connectivity index (χ1v) is 7.31. The lowest BCUT2D eigenvalue weighted by Gasteiger charge is -2.07. The molecule has 0 saturated heterocycles. The van der Waals surface area contributed by atoms with E-state index >= 15 is 0 Å². The highest BCUT2D eigenvalue weighted by Crippen LogP contribution is 2.41. The molecule has 1 aliphatic rings. The lowest BCUT2D eigenvalue weighted by atomic mass is 10.1. The third-order valence-corrected chi connectivity index (χ3v) is 3.91. The van der Waals surface area contributed by atoms with Crippen molar-refractivity contribution in [3.8, 4) is 11.3 Å². The smallest absolute Gasteiger partial charge is 0.142 e. The molecule has 0 aliphatic heterocycles. The van der Waals surface area contributed by atoms with Crippen LogP contribution in [-0.4, -0.2) is 9.55 Å². The van der Waals surface area contributed by atoms with E-state index in [1.807, 2.05) is 0 Å². The number of hydrogen-bond acceptors (Lipinski definition) is 2. The zero-order chi connectivity index (χ0) is 14.3. The highest BCUT2D eigenvalue weighted by atomic mass is 35.5. The fraction of sp³-hybridized carbons (Fsp3) is 0.400. The van der Waals surface area contributed by atoms with Crippen molar-refractivity contribution in [1.29, 1.82) is 0 Å². The predicted molar refractivity (Wildman–Crippen MR) is 79.3 cm³/mol. The molecule has 1 fully saturated rings. The highest BCUT2D eigenvalue weighted by molar-refractivity contribution is 6.30. The van der Waals surface area contributed by atoms with E-state index in [1.54, 1.807) is 12.1 Å². The Morgan fingerprint density at radius 3 is 2.80 bits per heavy atom. The summed E-state index contributed by atoms with van der Waals surface area (Å²) in [6, 6.07) is 5.17. The molecule has 1 heterocycles. The average Bonchev–Trinajstić information content (AvgIpc) is 3.19. The lowest BCUT2D eigenvalue weighted by Crippen LogP contribution is -2.05. The molecule has 1 aromatic heterocycles. The van der Waals surface area contributed by atoms with E-state index in [0.29, 0.717) is 23.1 Å². The number of hydrogen-bond donors (Lipinski definition) is 1. The van der Waals surface area contributed by atoms with Crippen molar-refractivity contribution in [1.82, 2.24) is 9.55 Å². The molecule has 1 aliphatic carbocycles. The largest absolute Gasteiger partial charge is 0.383 e. The molecule has 2 N–H and O–H groups in total. The molecule has 0 bridgehead atoms. The van der Waals surface area contributed by atoms with Crippen LogP contribution >= 0.6 is 11.6 Å². The first-order chi connectivity index (χ1) is 9.61. The van der Waals surface area contributed by atoms with Gasteiger partial charge in [0.2, 0.25) is 0 Å². The minimum Gasteiger partial charge on any atom is -0.383 e. The Balaban J connectivity index is 2.08. The van der Waals surface area contributed by atoms with Gasteiger partial charge in [0, 0.05) is 18.0 Å². The van der Waals surface area contributed by atoms with Crippen molar-refractivity contribution in [3.05, 3.63) is 34.9 Å². The van der Waals surface area contributed by atoms with Gasteiger partial charge in [-0.25, -0.2) is 9.37 Å². The van der Waals surface area contributed by atoms with Crippen LogP contribution in [-0.2, 0) is 6.42 Å². The minimum atomic E-state index is -0.443. The molecule has 0 amide bonds. The van der Waals surface area contributed by atoms with Crippen LogP contribution in [0.25, 0.3) is 11.3 Å². The van der Waals surface area contributed by atoms with Gasteiger partial charge in [-0.1, -0.05) is 24.6 Å². The quantitative estimate of drug-likeness (QED) is 0.917. The summed E-state index contributed by atoms with van der Waals surface area (Å²) in [7, 11) is 0. The SMILES string of the molecule is CCCc1nc(-c2ccc(Cl)c(F)c2)c(N)n1C1CC1. The summed E-state index contributed by atoms with van der Waals surface area (Å²) in [4.78, 5) is 4.63. The summed E-state index contributed by atoms with van der Waals surface area (Å²) in [6.07, 6.45) is 4.19. The third-order valence-electron chi connectivity index (χ3n) is 3.60. The molecule has 106 valence electrons. The van der Waals surface area contributed by atoms with E-state index in [-0.39, 0.29) is 5.02 Å². The van der Waals surface area contributed by atoms with E-state index in [0.717, 1.165) is 31.5 Å². The van der Waals surface area contributed by atoms with Crippen LogP contribution in [0.4, 0.5) is 10.2 Å². The van der Waals surface area contributed by atoms with Crippen LogP contribution in [0.5, 0.6) is 0 Å². The molecule has 1 saturated carbocycles. The monoisotopic (exact) mass is 293 g/mol. The molecule has 20 heavy (non-hydrogen) atoms. The Bertz CT molecular complexity index is 647. The number of nitrogens with two attached hydrogens (primary N) is 1.